The van der Waals surface area contributed by atoms with Crippen LogP contribution in [0.5, 0.6) is 11.5 Å². The number of rotatable bonds is 3. The smallest absolute Gasteiger partial charge is 0.343 e. The maximum Gasteiger partial charge on any atom is 0.343 e. The van der Waals surface area contributed by atoms with E-state index >= 15 is 0 Å². The van der Waals surface area contributed by atoms with E-state index in [-0.39, 0.29) is 11.1 Å². The van der Waals surface area contributed by atoms with E-state index in [4.69, 9.17) is 9.47 Å². The minimum absolute atomic E-state index is 0.145. The maximum absolute atomic E-state index is 13.6. The van der Waals surface area contributed by atoms with Crippen molar-refractivity contribution in [3.05, 3.63) is 59.2 Å². The minimum atomic E-state index is -1.17. The molecule has 0 aromatic heterocycles. The lowest BCUT2D eigenvalue weighted by Gasteiger charge is -2.07. The third kappa shape index (κ3) is 2.77. The average Bonchev–Trinajstić information content (AvgIpc) is 2.48. The van der Waals surface area contributed by atoms with Gasteiger partial charge in [-0.3, -0.25) is 0 Å². The standard InChI is InChI=1S/C15H12F2O3/c1-9-3-8-12(14(17)13(9)16)20-15(18)10-4-6-11(19-2)7-5-10/h3-8H,1-2H3. The fourth-order valence-electron chi connectivity index (χ4n) is 1.59. The second-order valence-electron chi connectivity index (χ2n) is 4.13. The van der Waals surface area contributed by atoms with Gasteiger partial charge in [0.1, 0.15) is 5.75 Å². The molecule has 0 bridgehead atoms. The Balaban J connectivity index is 2.21. The number of aryl methyl sites for hydroxylation is 1. The summed E-state index contributed by atoms with van der Waals surface area (Å²) in [6, 6.07) is 8.66. The van der Waals surface area contributed by atoms with Gasteiger partial charge < -0.3 is 9.47 Å². The van der Waals surface area contributed by atoms with Gasteiger partial charge in [-0.2, -0.15) is 4.39 Å². The molecule has 0 N–H and O–H groups in total. The topological polar surface area (TPSA) is 35.5 Å². The highest BCUT2D eigenvalue weighted by molar-refractivity contribution is 5.91. The third-order valence-corrected chi connectivity index (χ3v) is 2.77. The van der Waals surface area contributed by atoms with Crippen molar-refractivity contribution in [3.8, 4) is 11.5 Å². The quantitative estimate of drug-likeness (QED) is 0.636. The fraction of sp³-hybridized carbons (Fsp3) is 0.133. The van der Waals surface area contributed by atoms with E-state index in [1.807, 2.05) is 0 Å². The van der Waals surface area contributed by atoms with Crippen LogP contribution in [0.15, 0.2) is 36.4 Å². The highest BCUT2D eigenvalue weighted by atomic mass is 19.2. The molecule has 104 valence electrons. The average molecular weight is 278 g/mol. The number of ether oxygens (including phenoxy) is 2. The molecule has 0 saturated carbocycles. The molecule has 0 aliphatic heterocycles. The predicted molar refractivity (Wildman–Crippen MR) is 69.0 cm³/mol. The van der Waals surface area contributed by atoms with Crippen molar-refractivity contribution in [1.82, 2.24) is 0 Å². The van der Waals surface area contributed by atoms with E-state index in [1.165, 1.54) is 38.3 Å². The van der Waals surface area contributed by atoms with Crippen LogP contribution in [-0.2, 0) is 0 Å². The van der Waals surface area contributed by atoms with Crippen molar-refractivity contribution in [1.29, 1.82) is 0 Å². The zero-order valence-corrected chi connectivity index (χ0v) is 10.9. The Kier molecular flexibility index (Phi) is 3.98. The van der Waals surface area contributed by atoms with Crippen molar-refractivity contribution < 1.29 is 23.0 Å². The Morgan fingerprint density at radius 1 is 1.00 bits per heavy atom. The van der Waals surface area contributed by atoms with Gasteiger partial charge in [-0.05, 0) is 42.8 Å². The van der Waals surface area contributed by atoms with Crippen LogP contribution in [0.4, 0.5) is 8.78 Å². The molecule has 2 rings (SSSR count). The Morgan fingerprint density at radius 3 is 2.25 bits per heavy atom. The van der Waals surface area contributed by atoms with E-state index in [1.54, 1.807) is 12.1 Å². The van der Waals surface area contributed by atoms with Gasteiger partial charge in [-0.25, -0.2) is 9.18 Å². The molecule has 0 atom stereocenters. The molecule has 0 aliphatic rings. The van der Waals surface area contributed by atoms with Crippen LogP contribution in [0.1, 0.15) is 15.9 Å². The Bertz CT molecular complexity index is 636. The highest BCUT2D eigenvalue weighted by Gasteiger charge is 2.16. The van der Waals surface area contributed by atoms with Crippen LogP contribution >= 0.6 is 0 Å². The molecule has 2 aromatic rings. The van der Waals surface area contributed by atoms with Crippen molar-refractivity contribution in [3.63, 3.8) is 0 Å². The molecule has 0 radical (unpaired) electrons. The molecule has 0 fully saturated rings. The lowest BCUT2D eigenvalue weighted by Crippen LogP contribution is -2.10. The van der Waals surface area contributed by atoms with E-state index in [0.29, 0.717) is 5.75 Å². The second-order valence-corrected chi connectivity index (χ2v) is 4.13. The van der Waals surface area contributed by atoms with Crippen LogP contribution in [0, 0.1) is 18.6 Å². The van der Waals surface area contributed by atoms with Crippen molar-refractivity contribution in [2.45, 2.75) is 6.92 Å². The molecule has 0 spiro atoms. The molecule has 3 nitrogen and oxygen atoms in total. The van der Waals surface area contributed by atoms with Crippen molar-refractivity contribution in [2.24, 2.45) is 0 Å². The Labute approximate surface area is 114 Å². The Morgan fingerprint density at radius 2 is 1.65 bits per heavy atom. The summed E-state index contributed by atoms with van der Waals surface area (Å²) in [5.74, 6) is -2.82. The van der Waals surface area contributed by atoms with Gasteiger partial charge in [-0.15, -0.1) is 0 Å². The zero-order valence-electron chi connectivity index (χ0n) is 10.9. The molecule has 0 heterocycles. The first-order valence-corrected chi connectivity index (χ1v) is 5.83. The number of benzene rings is 2. The molecule has 0 saturated heterocycles. The second kappa shape index (κ2) is 5.69. The normalized spacial score (nSPS) is 10.2. The van der Waals surface area contributed by atoms with Crippen molar-refractivity contribution in [2.75, 3.05) is 7.11 Å². The predicted octanol–water partition coefficient (Wildman–Crippen LogP) is 3.50. The van der Waals surface area contributed by atoms with Crippen LogP contribution < -0.4 is 9.47 Å². The monoisotopic (exact) mass is 278 g/mol. The number of esters is 1. The van der Waals surface area contributed by atoms with Crippen LogP contribution in [-0.4, -0.2) is 13.1 Å². The summed E-state index contributed by atoms with van der Waals surface area (Å²) in [4.78, 5) is 11.8. The van der Waals surface area contributed by atoms with Gasteiger partial charge in [0.25, 0.3) is 0 Å². The first kappa shape index (κ1) is 14.0. The van der Waals surface area contributed by atoms with E-state index in [9.17, 15) is 13.6 Å². The summed E-state index contributed by atoms with van der Waals surface area (Å²) in [7, 11) is 1.50. The number of carbonyl (C=O) groups excluding carboxylic acids is 1. The summed E-state index contributed by atoms with van der Waals surface area (Å²) >= 11 is 0. The molecular weight excluding hydrogens is 266 g/mol. The van der Waals surface area contributed by atoms with Crippen LogP contribution in [0.25, 0.3) is 0 Å². The van der Waals surface area contributed by atoms with Gasteiger partial charge in [-0.1, -0.05) is 6.07 Å². The SMILES string of the molecule is COc1ccc(C(=O)Oc2ccc(C)c(F)c2F)cc1. The summed E-state index contributed by atoms with van der Waals surface area (Å²) in [6.45, 7) is 1.42. The van der Waals surface area contributed by atoms with Crippen LogP contribution in [0.3, 0.4) is 0 Å². The fourth-order valence-corrected chi connectivity index (χ4v) is 1.59. The molecule has 5 heteroatoms. The molecule has 20 heavy (non-hydrogen) atoms. The van der Waals surface area contributed by atoms with Gasteiger partial charge in [0, 0.05) is 0 Å². The van der Waals surface area contributed by atoms with Gasteiger partial charge in [0.2, 0.25) is 5.82 Å². The molecule has 0 unspecified atom stereocenters. The zero-order chi connectivity index (χ0) is 14.7. The lowest BCUT2D eigenvalue weighted by atomic mass is 10.2. The molecular formula is C15H12F2O3. The van der Waals surface area contributed by atoms with Crippen molar-refractivity contribution >= 4 is 5.97 Å². The first-order valence-electron chi connectivity index (χ1n) is 5.83. The van der Waals surface area contributed by atoms with E-state index < -0.39 is 23.4 Å². The van der Waals surface area contributed by atoms with Crippen LogP contribution in [0.2, 0.25) is 0 Å². The number of methoxy groups -OCH3 is 1. The summed E-state index contributed by atoms with van der Waals surface area (Å²) < 4.78 is 36.7. The number of carbonyl (C=O) groups is 1. The maximum atomic E-state index is 13.6. The highest BCUT2D eigenvalue weighted by Crippen LogP contribution is 2.23. The Hall–Kier alpha value is -2.43. The number of halogens is 2. The molecule has 2 aromatic carbocycles. The number of hydrogen-bond acceptors (Lipinski definition) is 3. The van der Waals surface area contributed by atoms with Gasteiger partial charge in [0.15, 0.2) is 11.6 Å². The lowest BCUT2D eigenvalue weighted by molar-refractivity contribution is 0.0726. The van der Waals surface area contributed by atoms with E-state index in [0.717, 1.165) is 0 Å². The van der Waals surface area contributed by atoms with E-state index in [2.05, 4.69) is 0 Å². The minimum Gasteiger partial charge on any atom is -0.497 e. The summed E-state index contributed by atoms with van der Waals surface area (Å²) in [6.07, 6.45) is 0. The first-order chi connectivity index (χ1) is 9.52. The summed E-state index contributed by atoms with van der Waals surface area (Å²) in [5.41, 5.74) is 0.359. The molecule has 0 aliphatic carbocycles. The third-order valence-electron chi connectivity index (χ3n) is 2.77. The largest absolute Gasteiger partial charge is 0.497 e. The summed E-state index contributed by atoms with van der Waals surface area (Å²) in [5, 5.41) is 0. The van der Waals surface area contributed by atoms with Gasteiger partial charge >= 0.3 is 5.97 Å². The molecule has 0 amide bonds. The van der Waals surface area contributed by atoms with Gasteiger partial charge in [0.05, 0.1) is 12.7 Å². The number of hydrogen-bond donors (Lipinski definition) is 0.